The minimum absolute atomic E-state index is 0.185. The Kier molecular flexibility index (Phi) is 4.70. The third-order valence-electron chi connectivity index (χ3n) is 3.27. The molecule has 0 saturated heterocycles. The number of benzene rings is 2. The number of carboxylic acid groups (broad SMARTS) is 1. The third kappa shape index (κ3) is 3.91. The van der Waals surface area contributed by atoms with Crippen LogP contribution in [0.25, 0.3) is 0 Å². The summed E-state index contributed by atoms with van der Waals surface area (Å²) in [5.74, 6) is -1.27. The first-order valence-corrected chi connectivity index (χ1v) is 6.76. The fourth-order valence-electron chi connectivity index (χ4n) is 1.99. The van der Waals surface area contributed by atoms with Crippen LogP contribution >= 0.6 is 0 Å². The average molecular weight is 313 g/mol. The maximum Gasteiger partial charge on any atom is 0.338 e. The monoisotopic (exact) mass is 313 g/mol. The highest BCUT2D eigenvalue weighted by molar-refractivity contribution is 5.95. The standard InChI is InChI=1S/C16H15N3O4/c1-10-3-4-11(2)12(7-10)9-17-18-15-6-5-13(19(22)23)8-14(15)16(20)21/h3-9,18H,1-2H3,(H,20,21)/b17-9+. The molecule has 7 heteroatoms. The van der Waals surface area contributed by atoms with Gasteiger partial charge in [-0.1, -0.05) is 23.8 Å². The Morgan fingerprint density at radius 1 is 1.26 bits per heavy atom. The summed E-state index contributed by atoms with van der Waals surface area (Å²) < 4.78 is 0. The minimum atomic E-state index is -1.27. The van der Waals surface area contributed by atoms with Crippen LogP contribution in [0.3, 0.4) is 0 Å². The Bertz CT molecular complexity index is 800. The number of hydrogen-bond acceptors (Lipinski definition) is 5. The molecule has 118 valence electrons. The molecule has 0 radical (unpaired) electrons. The van der Waals surface area contributed by atoms with Gasteiger partial charge in [-0.2, -0.15) is 5.10 Å². The van der Waals surface area contributed by atoms with Crippen molar-refractivity contribution < 1.29 is 14.8 Å². The molecule has 23 heavy (non-hydrogen) atoms. The number of non-ortho nitro benzene ring substituents is 1. The molecule has 0 atom stereocenters. The van der Waals surface area contributed by atoms with Gasteiger partial charge in [0, 0.05) is 12.1 Å². The van der Waals surface area contributed by atoms with E-state index in [2.05, 4.69) is 10.5 Å². The molecular weight excluding hydrogens is 298 g/mol. The summed E-state index contributed by atoms with van der Waals surface area (Å²) in [6.45, 7) is 3.90. The van der Waals surface area contributed by atoms with Gasteiger partial charge in [0.15, 0.2) is 0 Å². The molecule has 0 unspecified atom stereocenters. The quantitative estimate of drug-likeness (QED) is 0.500. The summed E-state index contributed by atoms with van der Waals surface area (Å²) in [7, 11) is 0. The number of aryl methyl sites for hydroxylation is 2. The summed E-state index contributed by atoms with van der Waals surface area (Å²) >= 11 is 0. The first-order valence-electron chi connectivity index (χ1n) is 6.76. The van der Waals surface area contributed by atoms with Crippen molar-refractivity contribution >= 4 is 23.6 Å². The SMILES string of the molecule is Cc1ccc(C)c(/C=N/Nc2ccc([N+](=O)[O-])cc2C(=O)O)c1. The number of carbonyl (C=O) groups is 1. The smallest absolute Gasteiger partial charge is 0.338 e. The van der Waals surface area contributed by atoms with Crippen LogP contribution in [0.4, 0.5) is 11.4 Å². The van der Waals surface area contributed by atoms with Crippen LogP contribution in [-0.4, -0.2) is 22.2 Å². The van der Waals surface area contributed by atoms with Gasteiger partial charge in [-0.25, -0.2) is 4.79 Å². The summed E-state index contributed by atoms with van der Waals surface area (Å²) in [6.07, 6.45) is 1.58. The predicted molar refractivity (Wildman–Crippen MR) is 87.2 cm³/mol. The van der Waals surface area contributed by atoms with Gasteiger partial charge >= 0.3 is 5.97 Å². The molecule has 0 aromatic heterocycles. The number of nitrogens with zero attached hydrogens (tertiary/aromatic N) is 2. The maximum absolute atomic E-state index is 11.2. The van der Waals surface area contributed by atoms with E-state index in [-0.39, 0.29) is 16.9 Å². The number of nitro groups is 1. The van der Waals surface area contributed by atoms with E-state index in [1.807, 2.05) is 32.0 Å². The highest BCUT2D eigenvalue weighted by Crippen LogP contribution is 2.22. The zero-order valence-corrected chi connectivity index (χ0v) is 12.6. The largest absolute Gasteiger partial charge is 0.478 e. The molecule has 0 aliphatic rings. The van der Waals surface area contributed by atoms with E-state index >= 15 is 0 Å². The van der Waals surface area contributed by atoms with Gasteiger partial charge in [0.1, 0.15) is 0 Å². The maximum atomic E-state index is 11.2. The first kappa shape index (κ1) is 16.2. The molecule has 0 spiro atoms. The van der Waals surface area contributed by atoms with Crippen molar-refractivity contribution in [1.29, 1.82) is 0 Å². The molecule has 0 aliphatic heterocycles. The van der Waals surface area contributed by atoms with E-state index in [0.29, 0.717) is 0 Å². The van der Waals surface area contributed by atoms with Gasteiger partial charge in [0.2, 0.25) is 0 Å². The molecule has 2 aromatic carbocycles. The normalized spacial score (nSPS) is 10.7. The van der Waals surface area contributed by atoms with Gasteiger partial charge in [0.25, 0.3) is 5.69 Å². The molecule has 0 heterocycles. The van der Waals surface area contributed by atoms with E-state index in [1.165, 1.54) is 12.1 Å². The highest BCUT2D eigenvalue weighted by atomic mass is 16.6. The Balaban J connectivity index is 2.26. The topological polar surface area (TPSA) is 105 Å². The molecular formula is C16H15N3O4. The molecule has 7 nitrogen and oxygen atoms in total. The van der Waals surface area contributed by atoms with Gasteiger partial charge in [-0.05, 0) is 31.0 Å². The summed E-state index contributed by atoms with van der Waals surface area (Å²) in [5, 5.41) is 23.9. The van der Waals surface area contributed by atoms with Crippen molar-refractivity contribution in [2.24, 2.45) is 5.10 Å². The summed E-state index contributed by atoms with van der Waals surface area (Å²) in [5.41, 5.74) is 5.32. The number of nitrogens with one attached hydrogen (secondary N) is 1. The Morgan fingerprint density at radius 2 is 2.00 bits per heavy atom. The zero-order chi connectivity index (χ0) is 17.0. The Labute approximate surface area is 132 Å². The van der Waals surface area contributed by atoms with Crippen molar-refractivity contribution in [3.8, 4) is 0 Å². The van der Waals surface area contributed by atoms with Crippen LogP contribution in [0.1, 0.15) is 27.0 Å². The summed E-state index contributed by atoms with van der Waals surface area (Å²) in [4.78, 5) is 21.3. The van der Waals surface area contributed by atoms with Gasteiger partial charge in [-0.3, -0.25) is 15.5 Å². The lowest BCUT2D eigenvalue weighted by atomic mass is 10.1. The number of carboxylic acids is 1. The van der Waals surface area contributed by atoms with E-state index in [4.69, 9.17) is 5.11 Å². The van der Waals surface area contributed by atoms with Gasteiger partial charge in [0.05, 0.1) is 22.4 Å². The molecule has 0 fully saturated rings. The minimum Gasteiger partial charge on any atom is -0.478 e. The Hall–Kier alpha value is -3.22. The molecule has 2 aromatic rings. The second-order valence-electron chi connectivity index (χ2n) is 5.02. The lowest BCUT2D eigenvalue weighted by molar-refractivity contribution is -0.384. The third-order valence-corrected chi connectivity index (χ3v) is 3.27. The van der Waals surface area contributed by atoms with Crippen molar-refractivity contribution in [1.82, 2.24) is 0 Å². The molecule has 0 bridgehead atoms. The van der Waals surface area contributed by atoms with Crippen LogP contribution in [-0.2, 0) is 0 Å². The second kappa shape index (κ2) is 6.69. The van der Waals surface area contributed by atoms with E-state index in [9.17, 15) is 14.9 Å². The zero-order valence-electron chi connectivity index (χ0n) is 12.6. The van der Waals surface area contributed by atoms with Gasteiger partial charge in [-0.15, -0.1) is 0 Å². The number of hydrogen-bond donors (Lipinski definition) is 2. The van der Waals surface area contributed by atoms with E-state index in [0.717, 1.165) is 22.8 Å². The number of hydrazone groups is 1. The van der Waals surface area contributed by atoms with Crippen LogP contribution in [0.15, 0.2) is 41.5 Å². The molecule has 2 N–H and O–H groups in total. The van der Waals surface area contributed by atoms with Crippen LogP contribution < -0.4 is 5.43 Å². The summed E-state index contributed by atoms with van der Waals surface area (Å²) in [6, 6.07) is 9.45. The fraction of sp³-hybridized carbons (Fsp3) is 0.125. The predicted octanol–water partition coefficient (Wildman–Crippen LogP) is 3.36. The van der Waals surface area contributed by atoms with Crippen LogP contribution in [0, 0.1) is 24.0 Å². The molecule has 0 amide bonds. The Morgan fingerprint density at radius 3 is 2.65 bits per heavy atom. The molecule has 2 rings (SSSR count). The lowest BCUT2D eigenvalue weighted by Gasteiger charge is -2.05. The lowest BCUT2D eigenvalue weighted by Crippen LogP contribution is -2.04. The van der Waals surface area contributed by atoms with Crippen molar-refractivity contribution in [2.45, 2.75) is 13.8 Å². The highest BCUT2D eigenvalue weighted by Gasteiger charge is 2.15. The van der Waals surface area contributed by atoms with Crippen molar-refractivity contribution in [3.05, 3.63) is 68.8 Å². The van der Waals surface area contributed by atoms with E-state index in [1.54, 1.807) is 6.21 Å². The van der Waals surface area contributed by atoms with Gasteiger partial charge < -0.3 is 5.11 Å². The van der Waals surface area contributed by atoms with Crippen molar-refractivity contribution in [3.63, 3.8) is 0 Å². The number of anilines is 1. The number of rotatable bonds is 5. The molecule has 0 aliphatic carbocycles. The van der Waals surface area contributed by atoms with E-state index < -0.39 is 10.9 Å². The number of aromatic carboxylic acids is 1. The molecule has 0 saturated carbocycles. The second-order valence-corrected chi connectivity index (χ2v) is 5.02. The van der Waals surface area contributed by atoms with Crippen molar-refractivity contribution in [2.75, 3.05) is 5.43 Å². The first-order chi connectivity index (χ1) is 10.9. The average Bonchev–Trinajstić information content (AvgIpc) is 2.50. The fourth-order valence-corrected chi connectivity index (χ4v) is 1.99. The number of nitro benzene ring substituents is 1. The van der Waals surface area contributed by atoms with Crippen LogP contribution in [0.5, 0.6) is 0 Å². The van der Waals surface area contributed by atoms with Crippen LogP contribution in [0.2, 0.25) is 0 Å².